The van der Waals surface area contributed by atoms with Crippen LogP contribution in [0.5, 0.6) is 0 Å². The van der Waals surface area contributed by atoms with Crippen LogP contribution in [-0.4, -0.2) is 73.1 Å². The standard InChI is InChI=1S/C32H44O8.C9H14O.C2H4O2/c1-4-15(31(35)39-27-19-11-21-22(12-19)32(36)40-28(21)27)8-20(30(34)37-3)7-14(2)29(33)38-24-13-18-10-23(24)26-17-6-5-16(9-17)25(18)26;1-2-7-3-6(1)4-8(7)9-5-10-9;1-2(3)4/h14-28H,4-13H2,1-3H3;6-9H,1-5H2;1H3,(H,3,4). The van der Waals surface area contributed by atoms with Crippen LogP contribution >= 0.6 is 0 Å². The van der Waals surface area contributed by atoms with Crippen LogP contribution in [0.15, 0.2) is 0 Å². The van der Waals surface area contributed by atoms with Crippen molar-refractivity contribution in [2.24, 2.45) is 88.8 Å². The van der Waals surface area contributed by atoms with Crippen LogP contribution in [-0.2, 0) is 47.7 Å². The van der Waals surface area contributed by atoms with Gasteiger partial charge in [0, 0.05) is 18.8 Å². The van der Waals surface area contributed by atoms with Crippen molar-refractivity contribution < 1.29 is 52.8 Å². The maximum absolute atomic E-state index is 13.3. The lowest BCUT2D eigenvalue weighted by atomic mass is 9.70. The van der Waals surface area contributed by atoms with Crippen molar-refractivity contribution in [3.63, 3.8) is 0 Å². The number of fused-ring (bicyclic) bond motifs is 12. The van der Waals surface area contributed by atoms with Crippen LogP contribution in [0.25, 0.3) is 0 Å². The van der Waals surface area contributed by atoms with E-state index in [2.05, 4.69) is 0 Å². The molecule has 8 aliphatic carbocycles. The van der Waals surface area contributed by atoms with Crippen molar-refractivity contribution >= 4 is 29.8 Å². The van der Waals surface area contributed by atoms with Gasteiger partial charge in [-0.3, -0.25) is 24.0 Å². The monoisotopic (exact) mass is 754 g/mol. The number of hydrogen-bond donors (Lipinski definition) is 1. The Bertz CT molecular complexity index is 1450. The van der Waals surface area contributed by atoms with E-state index in [4.69, 9.17) is 33.6 Å². The van der Waals surface area contributed by atoms with Gasteiger partial charge < -0.3 is 28.8 Å². The molecule has 300 valence electrons. The van der Waals surface area contributed by atoms with Crippen molar-refractivity contribution in [1.29, 1.82) is 0 Å². The second-order valence-corrected chi connectivity index (χ2v) is 19.1. The van der Waals surface area contributed by atoms with E-state index in [9.17, 15) is 19.2 Å². The van der Waals surface area contributed by atoms with E-state index in [0.717, 1.165) is 74.2 Å². The third-order valence-electron chi connectivity index (χ3n) is 16.2. The minimum Gasteiger partial charge on any atom is -0.481 e. The first kappa shape index (κ1) is 38.2. The fourth-order valence-corrected chi connectivity index (χ4v) is 14.0. The van der Waals surface area contributed by atoms with Crippen molar-refractivity contribution in [2.45, 2.75) is 135 Å². The number of esters is 4. The molecule has 2 heterocycles. The van der Waals surface area contributed by atoms with Crippen LogP contribution in [0.4, 0.5) is 0 Å². The number of ether oxygens (including phenoxy) is 5. The predicted molar refractivity (Wildman–Crippen MR) is 193 cm³/mol. The molecule has 0 spiro atoms. The molecule has 0 radical (unpaired) electrons. The molecule has 0 aromatic heterocycles. The number of carbonyl (C=O) groups is 5. The molecule has 54 heavy (non-hydrogen) atoms. The summed E-state index contributed by atoms with van der Waals surface area (Å²) < 4.78 is 28.1. The highest BCUT2D eigenvalue weighted by Gasteiger charge is 2.64. The highest BCUT2D eigenvalue weighted by molar-refractivity contribution is 5.79. The zero-order valence-electron chi connectivity index (χ0n) is 32.6. The number of aliphatic carboxylic acids is 1. The van der Waals surface area contributed by atoms with Gasteiger partial charge in [-0.1, -0.05) is 20.3 Å². The maximum atomic E-state index is 13.3. The Morgan fingerprint density at radius 1 is 0.759 bits per heavy atom. The molecule has 8 saturated carbocycles. The molecule has 11 heteroatoms. The number of rotatable bonds is 11. The van der Waals surface area contributed by atoms with Crippen molar-refractivity contribution in [3.8, 4) is 0 Å². The van der Waals surface area contributed by atoms with Crippen LogP contribution < -0.4 is 0 Å². The third kappa shape index (κ3) is 7.21. The van der Waals surface area contributed by atoms with Gasteiger partial charge >= 0.3 is 23.9 Å². The highest BCUT2D eigenvalue weighted by atomic mass is 16.6. The zero-order chi connectivity index (χ0) is 38.0. The SMILES string of the molecule is C1CC2CC1CC2C1CO1.CC(=O)O.CCC(CC(CC(C)C(=O)OC1CC2CC1C1C3CCC(C3)C21)C(=O)OC)C(=O)OC1C2CC3C(=O)OC1C3C2. The summed E-state index contributed by atoms with van der Waals surface area (Å²) in [6.07, 6.45) is 15.0. The van der Waals surface area contributed by atoms with Gasteiger partial charge in [0.25, 0.3) is 5.97 Å². The van der Waals surface area contributed by atoms with Crippen molar-refractivity contribution in [3.05, 3.63) is 0 Å². The van der Waals surface area contributed by atoms with Gasteiger partial charge in [-0.25, -0.2) is 0 Å². The molecule has 2 saturated heterocycles. The smallest absolute Gasteiger partial charge is 0.309 e. The largest absolute Gasteiger partial charge is 0.481 e. The molecule has 11 nitrogen and oxygen atoms in total. The van der Waals surface area contributed by atoms with E-state index in [1.807, 2.05) is 13.8 Å². The van der Waals surface area contributed by atoms with Gasteiger partial charge in [0.05, 0.1) is 43.5 Å². The second kappa shape index (κ2) is 15.3. The molecule has 1 N–H and O–H groups in total. The van der Waals surface area contributed by atoms with Gasteiger partial charge in [0.2, 0.25) is 0 Å². The Labute approximate surface area is 319 Å². The Morgan fingerprint density at radius 3 is 2.11 bits per heavy atom. The molecule has 0 aromatic carbocycles. The van der Waals surface area contributed by atoms with Gasteiger partial charge in [-0.15, -0.1) is 0 Å². The van der Waals surface area contributed by atoms with Crippen LogP contribution in [0.1, 0.15) is 111 Å². The average molecular weight is 755 g/mol. The van der Waals surface area contributed by atoms with E-state index in [1.165, 1.54) is 58.5 Å². The predicted octanol–water partition coefficient (Wildman–Crippen LogP) is 6.24. The molecule has 8 bridgehead atoms. The van der Waals surface area contributed by atoms with E-state index in [-0.39, 0.29) is 60.7 Å². The quantitative estimate of drug-likeness (QED) is 0.110. The number of methoxy groups -OCH3 is 1. The summed E-state index contributed by atoms with van der Waals surface area (Å²) in [5, 5.41) is 7.42. The first-order valence-electron chi connectivity index (χ1n) is 21.4. The molecule has 19 atom stereocenters. The van der Waals surface area contributed by atoms with Crippen molar-refractivity contribution in [1.82, 2.24) is 0 Å². The van der Waals surface area contributed by atoms with Gasteiger partial charge in [0.15, 0.2) is 0 Å². The fraction of sp³-hybridized carbons (Fsp3) is 0.884. The molecule has 10 fully saturated rings. The zero-order valence-corrected chi connectivity index (χ0v) is 32.6. The van der Waals surface area contributed by atoms with Gasteiger partial charge in [0.1, 0.15) is 18.3 Å². The number of carboxylic acid groups (broad SMARTS) is 1. The van der Waals surface area contributed by atoms with E-state index in [0.29, 0.717) is 24.4 Å². The molecular weight excluding hydrogens is 692 g/mol. The lowest BCUT2D eigenvalue weighted by Crippen LogP contribution is -2.39. The first-order chi connectivity index (χ1) is 25.9. The molecule has 19 unspecified atom stereocenters. The third-order valence-corrected chi connectivity index (χ3v) is 16.2. The average Bonchev–Trinajstić information content (AvgIpc) is 3.93. The Kier molecular flexibility index (Phi) is 10.8. The van der Waals surface area contributed by atoms with E-state index < -0.39 is 35.8 Å². The number of hydrogen-bond acceptors (Lipinski definition) is 10. The summed E-state index contributed by atoms with van der Waals surface area (Å²) in [6.45, 7) is 5.89. The van der Waals surface area contributed by atoms with Gasteiger partial charge in [-0.2, -0.15) is 0 Å². The summed E-state index contributed by atoms with van der Waals surface area (Å²) in [7, 11) is 1.35. The Morgan fingerprint density at radius 2 is 1.46 bits per heavy atom. The summed E-state index contributed by atoms with van der Waals surface area (Å²) >= 11 is 0. The fourth-order valence-electron chi connectivity index (χ4n) is 14.0. The molecule has 2 aliphatic heterocycles. The minimum absolute atomic E-state index is 0.0153. The minimum atomic E-state index is -0.833. The number of carbonyl (C=O) groups excluding carboxylic acids is 4. The summed E-state index contributed by atoms with van der Waals surface area (Å²) in [5.74, 6) is 4.46. The first-order valence-corrected chi connectivity index (χ1v) is 21.4. The Hall–Kier alpha value is -2.69. The molecule has 0 amide bonds. The Balaban J connectivity index is 0.000000245. The normalized spacial score (nSPS) is 44.6. The molecule has 0 aromatic rings. The van der Waals surface area contributed by atoms with E-state index in [1.54, 1.807) is 0 Å². The van der Waals surface area contributed by atoms with Crippen LogP contribution in [0, 0.1) is 88.8 Å². The lowest BCUT2D eigenvalue weighted by Gasteiger charge is -2.38. The maximum Gasteiger partial charge on any atom is 0.309 e. The number of carboxylic acids is 1. The summed E-state index contributed by atoms with van der Waals surface area (Å²) in [4.78, 5) is 60.4. The second-order valence-electron chi connectivity index (χ2n) is 19.1. The summed E-state index contributed by atoms with van der Waals surface area (Å²) in [6, 6.07) is 0. The summed E-state index contributed by atoms with van der Waals surface area (Å²) in [5.41, 5.74) is 0. The molecule has 10 aliphatic rings. The number of epoxide rings is 1. The van der Waals surface area contributed by atoms with Gasteiger partial charge in [-0.05, 0) is 137 Å². The topological polar surface area (TPSA) is 155 Å². The lowest BCUT2D eigenvalue weighted by molar-refractivity contribution is -0.167. The van der Waals surface area contributed by atoms with Crippen molar-refractivity contribution in [2.75, 3.05) is 13.7 Å². The van der Waals surface area contributed by atoms with Crippen LogP contribution in [0.2, 0.25) is 0 Å². The van der Waals surface area contributed by atoms with Crippen LogP contribution in [0.3, 0.4) is 0 Å². The van der Waals surface area contributed by atoms with E-state index >= 15 is 0 Å². The molecular formula is C43H62O11. The molecule has 10 rings (SSSR count). The highest BCUT2D eigenvalue weighted by Crippen LogP contribution is 2.68.